The van der Waals surface area contributed by atoms with Gasteiger partial charge in [-0.2, -0.15) is 0 Å². The van der Waals surface area contributed by atoms with Crippen LogP contribution in [0.3, 0.4) is 0 Å². The Hall–Kier alpha value is 0.479. The van der Waals surface area contributed by atoms with E-state index in [9.17, 15) is 0 Å². The van der Waals surface area contributed by atoms with Crippen molar-refractivity contribution in [1.82, 2.24) is 42.5 Å². The number of nitrogens with one attached hydrogen (secondary N) is 8. The molecule has 8 bridgehead atoms. The van der Waals surface area contributed by atoms with Gasteiger partial charge in [-0.3, -0.25) is 42.5 Å². The van der Waals surface area contributed by atoms with Crippen LogP contribution in [0.15, 0.2) is 0 Å². The molecular formula is C32H58N8Sn. The molecule has 8 unspecified atom stereocenters. The second-order valence-corrected chi connectivity index (χ2v) is 15.6. The van der Waals surface area contributed by atoms with Crippen LogP contribution in [0.4, 0.5) is 0 Å². The van der Waals surface area contributed by atoms with Crippen molar-refractivity contribution < 1.29 is 0 Å². The summed E-state index contributed by atoms with van der Waals surface area (Å²) in [7, 11) is 0. The van der Waals surface area contributed by atoms with E-state index in [4.69, 9.17) is 0 Å². The van der Waals surface area contributed by atoms with E-state index in [-0.39, 0.29) is 23.9 Å². The zero-order valence-corrected chi connectivity index (χ0v) is 29.3. The first-order valence-electron chi connectivity index (χ1n) is 17.9. The molecule has 5 heterocycles. The van der Waals surface area contributed by atoms with Crippen molar-refractivity contribution in [3.8, 4) is 0 Å². The summed E-state index contributed by atoms with van der Waals surface area (Å²) in [5, 5.41) is 33.8. The standard InChI is InChI=1S/C32H56N8.Sn.2H/c1-2-10-18-17(9-1)25-33-26(18)38-28-21-13-5-6-14-22(21)30(35-28)40-32-24-16-8-7-15-23(24)31(36-32)39-29-20-12-4-3-11-19(20)27(34-29)37-25;;;/h17-40H,1-16H2;;;. The molecule has 9 heteroatoms. The van der Waals surface area contributed by atoms with Crippen molar-refractivity contribution in [2.75, 3.05) is 0 Å². The molecule has 4 saturated carbocycles. The molecule has 5 saturated heterocycles. The Morgan fingerprint density at radius 3 is 0.463 bits per heavy atom. The maximum atomic E-state index is 4.26. The molecule has 230 valence electrons. The fourth-order valence-electron chi connectivity index (χ4n) is 12.0. The van der Waals surface area contributed by atoms with Crippen LogP contribution in [-0.2, 0) is 0 Å². The molecule has 5 aliphatic heterocycles. The minimum absolute atomic E-state index is 0. The van der Waals surface area contributed by atoms with Crippen LogP contribution < -0.4 is 42.5 Å². The molecule has 2 radical (unpaired) electrons. The van der Waals surface area contributed by atoms with Crippen molar-refractivity contribution in [3.63, 3.8) is 0 Å². The Kier molecular flexibility index (Phi) is 8.47. The molecule has 9 rings (SSSR count). The molecule has 0 amide bonds. The van der Waals surface area contributed by atoms with Crippen LogP contribution in [0.2, 0.25) is 0 Å². The third-order valence-electron chi connectivity index (χ3n) is 13.8. The third-order valence-corrected chi connectivity index (χ3v) is 13.8. The van der Waals surface area contributed by atoms with Gasteiger partial charge in [-0.15, -0.1) is 0 Å². The molecule has 41 heavy (non-hydrogen) atoms. The Labute approximate surface area is 264 Å². The van der Waals surface area contributed by atoms with Crippen molar-refractivity contribution in [3.05, 3.63) is 0 Å². The van der Waals surface area contributed by atoms with Crippen LogP contribution in [0.25, 0.3) is 0 Å². The fourth-order valence-corrected chi connectivity index (χ4v) is 12.0. The van der Waals surface area contributed by atoms with Gasteiger partial charge in [0, 0.05) is 0 Å². The normalized spacial score (nSPS) is 56.2. The maximum absolute atomic E-state index is 4.26. The second kappa shape index (κ2) is 12.0. The van der Waals surface area contributed by atoms with Crippen LogP contribution >= 0.6 is 0 Å². The Balaban J connectivity index is 0.00000256. The van der Waals surface area contributed by atoms with E-state index in [1.165, 1.54) is 103 Å². The van der Waals surface area contributed by atoms with E-state index in [0.29, 0.717) is 49.3 Å². The van der Waals surface area contributed by atoms with Crippen molar-refractivity contribution in [1.29, 1.82) is 0 Å². The number of rotatable bonds is 0. The summed E-state index contributed by atoms with van der Waals surface area (Å²) in [5.74, 6) is 5.97. The van der Waals surface area contributed by atoms with Crippen molar-refractivity contribution >= 4 is 23.9 Å². The minimum atomic E-state index is 0. The van der Waals surface area contributed by atoms with E-state index >= 15 is 0 Å². The fraction of sp³-hybridized carbons (Fsp3) is 1.00. The van der Waals surface area contributed by atoms with Gasteiger partial charge in [-0.1, -0.05) is 51.4 Å². The quantitative estimate of drug-likeness (QED) is 0.185. The molecule has 4 aliphatic carbocycles. The number of fused-ring (bicyclic) bond motifs is 20. The van der Waals surface area contributed by atoms with Gasteiger partial charge in [0.2, 0.25) is 0 Å². The summed E-state index contributed by atoms with van der Waals surface area (Å²) in [6.45, 7) is 0. The van der Waals surface area contributed by atoms with E-state index < -0.39 is 0 Å². The third kappa shape index (κ3) is 5.09. The van der Waals surface area contributed by atoms with E-state index in [1.807, 2.05) is 0 Å². The first-order valence-corrected chi connectivity index (χ1v) is 17.9. The molecule has 8 N–H and O–H groups in total. The molecule has 8 nitrogen and oxygen atoms in total. The van der Waals surface area contributed by atoms with Crippen LogP contribution in [-0.4, -0.2) is 73.2 Å². The molecular weight excluding hydrogens is 615 g/mol. The molecule has 0 spiro atoms. The second-order valence-electron chi connectivity index (χ2n) is 15.6. The summed E-state index contributed by atoms with van der Waals surface area (Å²) in [6.07, 6.45) is 25.6. The zero-order chi connectivity index (χ0) is 26.2. The van der Waals surface area contributed by atoms with Gasteiger partial charge >= 0.3 is 23.9 Å². The van der Waals surface area contributed by atoms with Gasteiger partial charge in [0.1, 0.15) is 0 Å². The van der Waals surface area contributed by atoms with E-state index in [0.717, 1.165) is 47.3 Å². The van der Waals surface area contributed by atoms with E-state index in [1.54, 1.807) is 0 Å². The zero-order valence-electron chi connectivity index (χ0n) is 25.3. The molecule has 9 aliphatic rings. The van der Waals surface area contributed by atoms with E-state index in [2.05, 4.69) is 42.5 Å². The SMILES string of the molecule is C1CCC2C3NC(NC4NC(NC5NC(NC6NC(N3)C3CCCCC63)C3CCCCC53)C3CCCCC43)C2C1.[SnH2]. The van der Waals surface area contributed by atoms with Gasteiger partial charge in [0.15, 0.2) is 0 Å². The Morgan fingerprint density at radius 1 is 0.220 bits per heavy atom. The summed E-state index contributed by atoms with van der Waals surface area (Å²) in [6, 6.07) is 0. The topological polar surface area (TPSA) is 96.2 Å². The number of hydrogen-bond acceptors (Lipinski definition) is 8. The van der Waals surface area contributed by atoms with Crippen LogP contribution in [0.1, 0.15) is 103 Å². The average Bonchev–Trinajstić information content (AvgIpc) is 3.73. The average molecular weight is 674 g/mol. The summed E-state index contributed by atoms with van der Waals surface area (Å²) >= 11 is 0. The van der Waals surface area contributed by atoms with Gasteiger partial charge in [0.05, 0.1) is 49.3 Å². The van der Waals surface area contributed by atoms with Gasteiger partial charge < -0.3 is 0 Å². The monoisotopic (exact) mass is 674 g/mol. The molecule has 9 fully saturated rings. The summed E-state index contributed by atoms with van der Waals surface area (Å²) < 4.78 is 0. The number of hydrogen-bond donors (Lipinski definition) is 8. The first-order chi connectivity index (χ1) is 19.8. The molecule has 0 aromatic heterocycles. The Morgan fingerprint density at radius 2 is 0.341 bits per heavy atom. The molecule has 8 atom stereocenters. The predicted octanol–water partition coefficient (Wildman–Crippen LogP) is 1.69. The first kappa shape index (κ1) is 28.9. The van der Waals surface area contributed by atoms with Crippen LogP contribution in [0, 0.1) is 47.3 Å². The van der Waals surface area contributed by atoms with Gasteiger partial charge in [0.25, 0.3) is 0 Å². The van der Waals surface area contributed by atoms with Crippen molar-refractivity contribution in [2.24, 2.45) is 47.3 Å². The van der Waals surface area contributed by atoms with Crippen molar-refractivity contribution in [2.45, 2.75) is 152 Å². The Bertz CT molecular complexity index is 716. The van der Waals surface area contributed by atoms with Gasteiger partial charge in [-0.05, 0) is 98.7 Å². The predicted molar refractivity (Wildman–Crippen MR) is 166 cm³/mol. The summed E-state index contributed by atoms with van der Waals surface area (Å²) in [5.41, 5.74) is 0. The van der Waals surface area contributed by atoms with Crippen LogP contribution in [0.5, 0.6) is 0 Å². The summed E-state index contributed by atoms with van der Waals surface area (Å²) in [4.78, 5) is 0. The van der Waals surface area contributed by atoms with Gasteiger partial charge in [-0.25, -0.2) is 0 Å². The molecule has 0 aromatic rings. The molecule has 0 aromatic carbocycles.